The van der Waals surface area contributed by atoms with Crippen molar-refractivity contribution in [2.24, 2.45) is 0 Å². The molecule has 0 saturated carbocycles. The van der Waals surface area contributed by atoms with E-state index in [1.54, 1.807) is 23.2 Å². The molecule has 0 radical (unpaired) electrons. The van der Waals surface area contributed by atoms with Gasteiger partial charge in [0.05, 0.1) is 11.4 Å². The smallest absolute Gasteiger partial charge is 0.224 e. The van der Waals surface area contributed by atoms with Crippen molar-refractivity contribution in [3.63, 3.8) is 0 Å². The van der Waals surface area contributed by atoms with E-state index in [0.29, 0.717) is 12.0 Å². The summed E-state index contributed by atoms with van der Waals surface area (Å²) >= 11 is 1.58. The molecule has 1 aromatic heterocycles. The molecule has 5 rings (SSSR count). The molecule has 1 N–H and O–H groups in total. The normalized spacial score (nSPS) is 20.0. The van der Waals surface area contributed by atoms with E-state index in [9.17, 15) is 9.59 Å². The molecule has 3 aromatic rings. The fourth-order valence-electron chi connectivity index (χ4n) is 4.93. The zero-order valence-electron chi connectivity index (χ0n) is 19.0. The van der Waals surface area contributed by atoms with Crippen LogP contribution in [-0.2, 0) is 9.59 Å². The summed E-state index contributed by atoms with van der Waals surface area (Å²) in [6.07, 6.45) is 1.16. The molecule has 0 fully saturated rings. The molecule has 0 bridgehead atoms. The van der Waals surface area contributed by atoms with Gasteiger partial charge in [-0.3, -0.25) is 14.5 Å². The third kappa shape index (κ3) is 3.85. The zero-order chi connectivity index (χ0) is 23.1. The van der Waals surface area contributed by atoms with E-state index >= 15 is 0 Å². The second-order valence-corrected chi connectivity index (χ2v) is 9.83. The monoisotopic (exact) mass is 457 g/mol. The van der Waals surface area contributed by atoms with Gasteiger partial charge in [-0.25, -0.2) is 0 Å². The second-order valence-electron chi connectivity index (χ2n) is 8.86. The van der Waals surface area contributed by atoms with Crippen molar-refractivity contribution in [1.82, 2.24) is 0 Å². The molecule has 2 atom stereocenters. The number of hydrogen-bond acceptors (Lipinski definition) is 5. The quantitative estimate of drug-likeness (QED) is 0.545. The summed E-state index contributed by atoms with van der Waals surface area (Å²) < 4.78 is 0. The molecule has 1 amide bonds. The Labute approximate surface area is 198 Å². The van der Waals surface area contributed by atoms with Gasteiger partial charge in [0.15, 0.2) is 5.78 Å². The molecule has 0 unspecified atom stereocenters. The number of Topliss-reactive ketones (excluding diaryl/α,β-unsaturated/α-hetero) is 1. The molecule has 168 valence electrons. The maximum absolute atomic E-state index is 13.7. The summed E-state index contributed by atoms with van der Waals surface area (Å²) in [6, 6.07) is 19.9. The molecule has 6 heteroatoms. The lowest BCUT2D eigenvalue weighted by atomic mass is 9.79. The van der Waals surface area contributed by atoms with Gasteiger partial charge in [0.2, 0.25) is 5.91 Å². The van der Waals surface area contributed by atoms with Crippen LogP contribution in [0.5, 0.6) is 0 Å². The number of nitrogens with zero attached hydrogens (tertiary/aromatic N) is 2. The lowest BCUT2D eigenvalue weighted by molar-refractivity contribution is -0.117. The minimum Gasteiger partial charge on any atom is -0.378 e. The first kappa shape index (κ1) is 21.5. The molecule has 2 heterocycles. The maximum Gasteiger partial charge on any atom is 0.224 e. The SMILES string of the molecule is CC(=O)N1c2ccccc2NC2=C(C(=O)C[C@H](c3ccc(N(C)C)cc3)C2)[C@@H]1c1cccs1. The van der Waals surface area contributed by atoms with Gasteiger partial charge in [-0.05, 0) is 53.6 Å². The highest BCUT2D eigenvalue weighted by Gasteiger charge is 2.41. The molecule has 2 aliphatic rings. The van der Waals surface area contributed by atoms with E-state index in [-0.39, 0.29) is 17.6 Å². The number of ketones is 1. The number of nitrogens with one attached hydrogen (secondary N) is 1. The van der Waals surface area contributed by atoms with Crippen molar-refractivity contribution >= 4 is 40.1 Å². The van der Waals surface area contributed by atoms with E-state index in [1.165, 1.54) is 0 Å². The largest absolute Gasteiger partial charge is 0.378 e. The number of carbonyl (C=O) groups excluding carboxylic acids is 2. The molecule has 33 heavy (non-hydrogen) atoms. The lowest BCUT2D eigenvalue weighted by Crippen LogP contribution is -2.36. The number of carbonyl (C=O) groups is 2. The van der Waals surface area contributed by atoms with Crippen LogP contribution in [0, 0.1) is 0 Å². The van der Waals surface area contributed by atoms with Gasteiger partial charge >= 0.3 is 0 Å². The van der Waals surface area contributed by atoms with Gasteiger partial charge in [0.1, 0.15) is 6.04 Å². The first-order valence-electron chi connectivity index (χ1n) is 11.2. The van der Waals surface area contributed by atoms with Crippen molar-refractivity contribution in [1.29, 1.82) is 0 Å². The number of benzene rings is 2. The summed E-state index contributed by atoms with van der Waals surface area (Å²) in [7, 11) is 4.04. The molecule has 1 aliphatic heterocycles. The summed E-state index contributed by atoms with van der Waals surface area (Å²) in [5.41, 5.74) is 5.59. The van der Waals surface area contributed by atoms with Gasteiger partial charge in [-0.2, -0.15) is 0 Å². The van der Waals surface area contributed by atoms with E-state index in [1.807, 2.05) is 55.9 Å². The number of fused-ring (bicyclic) bond motifs is 1. The Morgan fingerprint density at radius 3 is 2.45 bits per heavy atom. The fourth-order valence-corrected chi connectivity index (χ4v) is 5.76. The number of amides is 1. The average Bonchev–Trinajstić information content (AvgIpc) is 3.28. The van der Waals surface area contributed by atoms with Crippen LogP contribution in [0.15, 0.2) is 77.3 Å². The Hall–Kier alpha value is -3.38. The predicted octanol–water partition coefficient (Wildman–Crippen LogP) is 5.73. The number of thiophene rings is 1. The summed E-state index contributed by atoms with van der Waals surface area (Å²) in [6.45, 7) is 1.57. The molecule has 2 aromatic carbocycles. The first-order valence-corrected chi connectivity index (χ1v) is 12.0. The second kappa shape index (κ2) is 8.52. The van der Waals surface area contributed by atoms with Crippen molar-refractivity contribution in [2.75, 3.05) is 29.2 Å². The van der Waals surface area contributed by atoms with Crippen LogP contribution in [0.1, 0.15) is 42.2 Å². The highest BCUT2D eigenvalue weighted by Crippen LogP contribution is 2.48. The Bertz CT molecular complexity index is 1230. The minimum atomic E-state index is -0.418. The van der Waals surface area contributed by atoms with E-state index in [4.69, 9.17) is 0 Å². The topological polar surface area (TPSA) is 52.7 Å². The number of anilines is 3. The first-order chi connectivity index (χ1) is 15.9. The molecule has 0 spiro atoms. The number of hydrogen-bond donors (Lipinski definition) is 1. The minimum absolute atomic E-state index is 0.0782. The average molecular weight is 458 g/mol. The summed E-state index contributed by atoms with van der Waals surface area (Å²) in [5, 5.41) is 5.56. The molecular weight excluding hydrogens is 430 g/mol. The third-order valence-electron chi connectivity index (χ3n) is 6.52. The van der Waals surface area contributed by atoms with Crippen molar-refractivity contribution in [3.05, 3.63) is 87.8 Å². The van der Waals surface area contributed by atoms with Crippen LogP contribution in [0.3, 0.4) is 0 Å². The third-order valence-corrected chi connectivity index (χ3v) is 7.45. The molecule has 5 nitrogen and oxygen atoms in total. The Morgan fingerprint density at radius 1 is 1.03 bits per heavy atom. The maximum atomic E-state index is 13.7. The van der Waals surface area contributed by atoms with Crippen LogP contribution in [0.4, 0.5) is 17.1 Å². The van der Waals surface area contributed by atoms with Gasteiger partial charge in [-0.1, -0.05) is 30.3 Å². The van der Waals surface area contributed by atoms with Gasteiger partial charge in [-0.15, -0.1) is 11.3 Å². The summed E-state index contributed by atoms with van der Waals surface area (Å²) in [4.78, 5) is 31.5. The highest BCUT2D eigenvalue weighted by molar-refractivity contribution is 7.10. The van der Waals surface area contributed by atoms with Crippen molar-refractivity contribution < 1.29 is 9.59 Å². The Kier molecular flexibility index (Phi) is 5.54. The zero-order valence-corrected chi connectivity index (χ0v) is 19.9. The summed E-state index contributed by atoms with van der Waals surface area (Å²) in [5.74, 6) is 0.119. The molecular formula is C27H27N3O2S. The van der Waals surface area contributed by atoms with Crippen LogP contribution in [-0.4, -0.2) is 25.8 Å². The molecule has 0 saturated heterocycles. The van der Waals surface area contributed by atoms with Crippen molar-refractivity contribution in [2.45, 2.75) is 31.7 Å². The standard InChI is InChI=1S/C27H27N3O2S/c1-17(31)30-23-8-5-4-7-21(23)28-22-15-19(18-10-12-20(13-11-18)29(2)3)16-24(32)26(22)27(30)25-9-6-14-33-25/h4-14,19,27-28H,15-16H2,1-3H3/t19-,27+/m1/s1. The van der Waals surface area contributed by atoms with E-state index in [0.717, 1.165) is 39.6 Å². The van der Waals surface area contributed by atoms with Crippen LogP contribution in [0.2, 0.25) is 0 Å². The Morgan fingerprint density at radius 2 is 1.79 bits per heavy atom. The van der Waals surface area contributed by atoms with Crippen LogP contribution in [0.25, 0.3) is 0 Å². The fraction of sp³-hybridized carbons (Fsp3) is 0.259. The predicted molar refractivity (Wildman–Crippen MR) is 135 cm³/mol. The highest BCUT2D eigenvalue weighted by atomic mass is 32.1. The van der Waals surface area contributed by atoms with E-state index < -0.39 is 6.04 Å². The van der Waals surface area contributed by atoms with Gasteiger partial charge < -0.3 is 10.2 Å². The van der Waals surface area contributed by atoms with Crippen LogP contribution >= 0.6 is 11.3 Å². The number of rotatable bonds is 3. The molecule has 1 aliphatic carbocycles. The van der Waals surface area contributed by atoms with E-state index in [2.05, 4.69) is 34.5 Å². The number of para-hydroxylation sites is 2. The van der Waals surface area contributed by atoms with Gasteiger partial charge in [0, 0.05) is 49.3 Å². The van der Waals surface area contributed by atoms with Crippen molar-refractivity contribution in [3.8, 4) is 0 Å². The van der Waals surface area contributed by atoms with Crippen LogP contribution < -0.4 is 15.1 Å². The Balaban J connectivity index is 1.62. The lowest BCUT2D eigenvalue weighted by Gasteiger charge is -2.33. The van der Waals surface area contributed by atoms with Gasteiger partial charge in [0.25, 0.3) is 0 Å². The number of allylic oxidation sites excluding steroid dienone is 1.